The first-order valence-corrected chi connectivity index (χ1v) is 12.1. The molecular weight excluding hydrogens is 388 g/mol. The third-order valence-corrected chi connectivity index (χ3v) is 9.22. The number of carboxylic acids is 1. The smallest absolute Gasteiger partial charge is 0.310 e. The molecule has 0 aromatic carbocycles. The van der Waals surface area contributed by atoms with E-state index in [0.29, 0.717) is 18.3 Å². The van der Waals surface area contributed by atoms with E-state index in [-0.39, 0.29) is 29.0 Å². The number of hydrogen-bond donors (Lipinski definition) is 2. The molecule has 0 aromatic rings. The Morgan fingerprint density at radius 2 is 2.00 bits per heavy atom. The van der Waals surface area contributed by atoms with Crippen molar-refractivity contribution in [2.75, 3.05) is 0 Å². The van der Waals surface area contributed by atoms with Gasteiger partial charge in [0.05, 0.1) is 11.0 Å². The number of fused-ring (bicyclic) bond motifs is 5. The predicted octanol–water partition coefficient (Wildman–Crippen LogP) is 5.33. The number of rotatable bonds is 5. The van der Waals surface area contributed by atoms with E-state index in [0.717, 1.165) is 38.5 Å². The highest BCUT2D eigenvalue weighted by atomic mass is 16.4. The first kappa shape index (κ1) is 22.5. The Hall–Kier alpha value is -1.68. The van der Waals surface area contributed by atoms with Gasteiger partial charge in [-0.2, -0.15) is 0 Å². The first-order valence-electron chi connectivity index (χ1n) is 12.1. The second kappa shape index (κ2) is 7.72. The summed E-state index contributed by atoms with van der Waals surface area (Å²) in [7, 11) is 0. The Labute approximate surface area is 186 Å². The molecule has 0 aliphatic heterocycles. The molecule has 0 unspecified atom stereocenters. The van der Waals surface area contributed by atoms with E-state index in [1.165, 1.54) is 5.57 Å². The van der Waals surface area contributed by atoms with Crippen LogP contribution < -0.4 is 0 Å². The van der Waals surface area contributed by atoms with E-state index < -0.39 is 17.0 Å². The van der Waals surface area contributed by atoms with Crippen molar-refractivity contribution in [3.8, 4) is 0 Å². The van der Waals surface area contributed by atoms with E-state index in [9.17, 15) is 19.8 Å². The second-order valence-electron chi connectivity index (χ2n) is 11.5. The summed E-state index contributed by atoms with van der Waals surface area (Å²) in [5.74, 6) is 0.847. The van der Waals surface area contributed by atoms with Crippen LogP contribution in [0.4, 0.5) is 0 Å². The molecule has 3 saturated carbocycles. The molecule has 2 N–H and O–H groups in total. The van der Waals surface area contributed by atoms with Gasteiger partial charge in [-0.15, -0.1) is 0 Å². The van der Waals surface area contributed by atoms with Gasteiger partial charge in [0.2, 0.25) is 0 Å². The van der Waals surface area contributed by atoms with Gasteiger partial charge in [0.25, 0.3) is 0 Å². The van der Waals surface area contributed by atoms with Crippen molar-refractivity contribution < 1.29 is 19.8 Å². The topological polar surface area (TPSA) is 74.6 Å². The highest BCUT2D eigenvalue weighted by molar-refractivity contribution is 6.01. The van der Waals surface area contributed by atoms with E-state index in [4.69, 9.17) is 0 Å². The lowest BCUT2D eigenvalue weighted by Gasteiger charge is -2.56. The average Bonchev–Trinajstić information content (AvgIpc) is 3.08. The van der Waals surface area contributed by atoms with Crippen LogP contribution in [-0.2, 0) is 9.59 Å². The fourth-order valence-corrected chi connectivity index (χ4v) is 7.78. The average molecular weight is 427 g/mol. The summed E-state index contributed by atoms with van der Waals surface area (Å²) in [4.78, 5) is 24.8. The molecule has 0 saturated heterocycles. The molecule has 0 aromatic heterocycles. The van der Waals surface area contributed by atoms with Gasteiger partial charge in [-0.1, -0.05) is 37.6 Å². The maximum atomic E-state index is 12.9. The molecule has 0 bridgehead atoms. The summed E-state index contributed by atoms with van der Waals surface area (Å²) in [6.07, 6.45) is 15.9. The van der Waals surface area contributed by atoms with Crippen molar-refractivity contribution >= 4 is 11.8 Å². The quantitative estimate of drug-likeness (QED) is 0.583. The van der Waals surface area contributed by atoms with Crippen LogP contribution in [0.15, 0.2) is 36.0 Å². The summed E-state index contributed by atoms with van der Waals surface area (Å²) in [6, 6.07) is 0. The van der Waals surface area contributed by atoms with Gasteiger partial charge in [-0.05, 0) is 101 Å². The van der Waals surface area contributed by atoms with Gasteiger partial charge in [-0.25, -0.2) is 0 Å². The Morgan fingerprint density at radius 3 is 2.68 bits per heavy atom. The zero-order valence-electron chi connectivity index (χ0n) is 19.4. The molecule has 170 valence electrons. The maximum absolute atomic E-state index is 12.9. The van der Waals surface area contributed by atoms with Crippen LogP contribution in [0.25, 0.3) is 0 Å². The van der Waals surface area contributed by atoms with Crippen LogP contribution in [0.1, 0.15) is 72.6 Å². The van der Waals surface area contributed by atoms with E-state index in [2.05, 4.69) is 26.0 Å². The summed E-state index contributed by atoms with van der Waals surface area (Å²) < 4.78 is 0. The number of carbonyl (C=O) groups excluding carboxylic acids is 1. The molecule has 4 rings (SSSR count). The minimum atomic E-state index is -0.741. The largest absolute Gasteiger partial charge is 0.481 e. The summed E-state index contributed by atoms with van der Waals surface area (Å²) >= 11 is 0. The van der Waals surface area contributed by atoms with Crippen molar-refractivity contribution in [1.82, 2.24) is 0 Å². The molecule has 3 fully saturated rings. The van der Waals surface area contributed by atoms with Crippen LogP contribution in [0, 0.1) is 40.4 Å². The Morgan fingerprint density at radius 1 is 1.26 bits per heavy atom. The van der Waals surface area contributed by atoms with Gasteiger partial charge in [-0.3, -0.25) is 9.59 Å². The number of carboxylic acid groups (broad SMARTS) is 1. The van der Waals surface area contributed by atoms with Crippen molar-refractivity contribution in [2.24, 2.45) is 40.4 Å². The zero-order valence-corrected chi connectivity index (χ0v) is 19.4. The van der Waals surface area contributed by atoms with E-state index in [1.807, 2.05) is 12.2 Å². The summed E-state index contributed by atoms with van der Waals surface area (Å²) in [5.41, 5.74) is -0.237. The second-order valence-corrected chi connectivity index (χ2v) is 11.5. The molecule has 4 aliphatic carbocycles. The third-order valence-electron chi connectivity index (χ3n) is 9.22. The fraction of sp³-hybridized carbons (Fsp3) is 0.704. The zero-order chi connectivity index (χ0) is 22.6. The first-order chi connectivity index (χ1) is 14.5. The van der Waals surface area contributed by atoms with Crippen LogP contribution in [0.5, 0.6) is 0 Å². The molecular formula is C27H38O4. The molecule has 0 spiro atoms. The van der Waals surface area contributed by atoms with Crippen molar-refractivity contribution in [3.63, 3.8) is 0 Å². The molecule has 0 radical (unpaired) electrons. The van der Waals surface area contributed by atoms with E-state index in [1.54, 1.807) is 19.9 Å². The van der Waals surface area contributed by atoms with E-state index >= 15 is 0 Å². The van der Waals surface area contributed by atoms with Crippen LogP contribution >= 0.6 is 0 Å². The van der Waals surface area contributed by atoms with Crippen molar-refractivity contribution in [3.05, 3.63) is 36.0 Å². The van der Waals surface area contributed by atoms with Gasteiger partial charge >= 0.3 is 5.97 Å². The third kappa shape index (κ3) is 3.65. The molecule has 7 atom stereocenters. The molecule has 4 nitrogen and oxygen atoms in total. The van der Waals surface area contributed by atoms with Crippen molar-refractivity contribution in [2.45, 2.75) is 78.2 Å². The number of aliphatic carboxylic acids is 1. The SMILES string of the molecule is C[C@H](/C=C/CC(C)(C)O)[C@H]1CC[C@H]2[C@@H]3CCC4=CC(=O)C=C[C@]4(C)[C@H]3CC[C@]12C(=O)O. The molecule has 4 aliphatic rings. The van der Waals surface area contributed by atoms with Gasteiger partial charge in [0.1, 0.15) is 0 Å². The standard InChI is InChI=1S/C27H38O4/c1-17(6-5-13-25(2,3)31)21-9-10-23-20-8-7-18-16-19(28)11-14-26(18,4)22(20)12-15-27(21,23)24(29)30/h5-6,11,14,16-17,20-23,31H,7-10,12-13,15H2,1-4H3,(H,29,30)/b6-5+/t17-,20-,21-,22+,23+,26+,27+/m1/s1. The number of hydrogen-bond acceptors (Lipinski definition) is 3. The minimum Gasteiger partial charge on any atom is -0.481 e. The van der Waals surface area contributed by atoms with Gasteiger partial charge in [0, 0.05) is 5.41 Å². The maximum Gasteiger partial charge on any atom is 0.310 e. The minimum absolute atomic E-state index is 0.0919. The Balaban J connectivity index is 1.61. The van der Waals surface area contributed by atoms with Gasteiger partial charge in [0.15, 0.2) is 5.78 Å². The van der Waals surface area contributed by atoms with Crippen LogP contribution in [0.3, 0.4) is 0 Å². The highest BCUT2D eigenvalue weighted by Gasteiger charge is 2.64. The van der Waals surface area contributed by atoms with Crippen molar-refractivity contribution in [1.29, 1.82) is 0 Å². The highest BCUT2D eigenvalue weighted by Crippen LogP contribution is 2.67. The molecule has 31 heavy (non-hydrogen) atoms. The Kier molecular flexibility index (Phi) is 5.61. The number of carbonyl (C=O) groups is 2. The monoisotopic (exact) mass is 426 g/mol. The molecule has 4 heteroatoms. The number of allylic oxidation sites excluding steroid dienone is 5. The molecule has 0 heterocycles. The lowest BCUT2D eigenvalue weighted by molar-refractivity contribution is -0.165. The Bertz CT molecular complexity index is 844. The predicted molar refractivity (Wildman–Crippen MR) is 121 cm³/mol. The summed E-state index contributed by atoms with van der Waals surface area (Å²) in [6.45, 7) is 8.02. The van der Waals surface area contributed by atoms with Gasteiger partial charge < -0.3 is 10.2 Å². The lowest BCUT2D eigenvalue weighted by atomic mass is 9.47. The normalized spacial score (nSPS) is 40.8. The van der Waals surface area contributed by atoms with Crippen LogP contribution in [0.2, 0.25) is 0 Å². The number of ketones is 1. The lowest BCUT2D eigenvalue weighted by Crippen LogP contribution is -2.54. The molecule has 0 amide bonds. The fourth-order valence-electron chi connectivity index (χ4n) is 7.78. The number of aliphatic hydroxyl groups is 1. The van der Waals surface area contributed by atoms with Crippen LogP contribution in [-0.4, -0.2) is 27.6 Å². The summed E-state index contributed by atoms with van der Waals surface area (Å²) in [5, 5.41) is 20.6.